The molecule has 2 amide bonds. The number of nitrogens with one attached hydrogen (secondary N) is 1. The summed E-state index contributed by atoms with van der Waals surface area (Å²) < 4.78 is 1.44. The summed E-state index contributed by atoms with van der Waals surface area (Å²) >= 11 is 1.37. The number of aromatic nitrogens is 1. The summed E-state index contributed by atoms with van der Waals surface area (Å²) in [7, 11) is 1.65. The van der Waals surface area contributed by atoms with Gasteiger partial charge in [-0.15, -0.1) is 11.3 Å². The highest BCUT2D eigenvalue weighted by Crippen LogP contribution is 2.23. The van der Waals surface area contributed by atoms with Gasteiger partial charge in [0, 0.05) is 19.8 Å². The lowest BCUT2D eigenvalue weighted by Gasteiger charge is -2.23. The third kappa shape index (κ3) is 3.12. The van der Waals surface area contributed by atoms with Crippen LogP contribution in [-0.2, 0) is 11.8 Å². The predicted molar refractivity (Wildman–Crippen MR) is 93.4 cm³/mol. The van der Waals surface area contributed by atoms with Crippen molar-refractivity contribution in [3.05, 3.63) is 50.6 Å². The quantitative estimate of drug-likeness (QED) is 0.925. The van der Waals surface area contributed by atoms with Crippen LogP contribution in [0.25, 0.3) is 0 Å². The van der Waals surface area contributed by atoms with Gasteiger partial charge >= 0.3 is 0 Å². The van der Waals surface area contributed by atoms with Crippen LogP contribution in [0.5, 0.6) is 0 Å². The van der Waals surface area contributed by atoms with Crippen molar-refractivity contribution in [1.82, 2.24) is 9.47 Å². The molecule has 3 heterocycles. The second-order valence-electron chi connectivity index (χ2n) is 5.97. The minimum Gasteiger partial charge on any atom is -0.326 e. The van der Waals surface area contributed by atoms with Crippen molar-refractivity contribution in [2.75, 3.05) is 11.9 Å². The van der Waals surface area contributed by atoms with Crippen molar-refractivity contribution in [2.24, 2.45) is 7.05 Å². The summed E-state index contributed by atoms with van der Waals surface area (Å²) in [5.74, 6) is -0.431. The largest absolute Gasteiger partial charge is 0.326 e. The molecule has 2 aromatic heterocycles. The Labute approximate surface area is 143 Å². The molecule has 1 aliphatic heterocycles. The molecule has 0 aromatic carbocycles. The first-order valence-electron chi connectivity index (χ1n) is 7.80. The lowest BCUT2D eigenvalue weighted by atomic mass is 10.2. The maximum atomic E-state index is 12.6. The Bertz CT molecular complexity index is 826. The van der Waals surface area contributed by atoms with Crippen LogP contribution >= 0.6 is 11.3 Å². The molecule has 1 N–H and O–H groups in total. The second kappa shape index (κ2) is 6.60. The molecular formula is C17H19N3O3S. The van der Waals surface area contributed by atoms with Crippen molar-refractivity contribution < 1.29 is 9.59 Å². The normalized spacial score (nSPS) is 17.1. The Morgan fingerprint density at radius 2 is 2.17 bits per heavy atom. The van der Waals surface area contributed by atoms with Crippen molar-refractivity contribution in [3.63, 3.8) is 0 Å². The number of aryl methyl sites for hydroxylation is 2. The molecule has 0 saturated carbocycles. The number of pyridine rings is 1. The summed E-state index contributed by atoms with van der Waals surface area (Å²) in [4.78, 5) is 39.5. The van der Waals surface area contributed by atoms with E-state index in [0.717, 1.165) is 12.0 Å². The van der Waals surface area contributed by atoms with Crippen LogP contribution < -0.4 is 10.9 Å². The molecule has 7 heteroatoms. The van der Waals surface area contributed by atoms with E-state index in [1.54, 1.807) is 30.3 Å². The van der Waals surface area contributed by atoms with Gasteiger partial charge in [0.25, 0.3) is 11.5 Å². The average Bonchev–Trinajstić information content (AvgIpc) is 3.22. The van der Waals surface area contributed by atoms with Crippen LogP contribution in [-0.4, -0.2) is 33.9 Å². The van der Waals surface area contributed by atoms with Gasteiger partial charge in [0.1, 0.15) is 11.7 Å². The average molecular weight is 345 g/mol. The van der Waals surface area contributed by atoms with Crippen molar-refractivity contribution in [2.45, 2.75) is 25.8 Å². The van der Waals surface area contributed by atoms with Gasteiger partial charge in [-0.05, 0) is 42.8 Å². The Morgan fingerprint density at radius 1 is 1.38 bits per heavy atom. The number of carbonyl (C=O) groups is 2. The summed E-state index contributed by atoms with van der Waals surface area (Å²) in [6, 6.07) is 4.70. The molecule has 1 saturated heterocycles. The lowest BCUT2D eigenvalue weighted by molar-refractivity contribution is -0.119. The molecule has 0 unspecified atom stereocenters. The van der Waals surface area contributed by atoms with Gasteiger partial charge in [-0.3, -0.25) is 14.4 Å². The van der Waals surface area contributed by atoms with Crippen molar-refractivity contribution >= 4 is 28.8 Å². The summed E-state index contributed by atoms with van der Waals surface area (Å²) in [6.07, 6.45) is 3.09. The zero-order chi connectivity index (χ0) is 17.3. The van der Waals surface area contributed by atoms with Gasteiger partial charge in [0.15, 0.2) is 0 Å². The third-order valence-electron chi connectivity index (χ3n) is 4.13. The number of anilines is 1. The number of amides is 2. The molecule has 0 bridgehead atoms. The number of nitrogens with zero attached hydrogens (tertiary/aromatic N) is 2. The number of hydrogen-bond acceptors (Lipinski definition) is 4. The zero-order valence-electron chi connectivity index (χ0n) is 13.6. The fourth-order valence-corrected chi connectivity index (χ4v) is 3.69. The van der Waals surface area contributed by atoms with Gasteiger partial charge in [0.05, 0.1) is 4.88 Å². The molecule has 6 nitrogen and oxygen atoms in total. The van der Waals surface area contributed by atoms with Crippen LogP contribution in [0.15, 0.2) is 34.6 Å². The highest BCUT2D eigenvalue weighted by atomic mass is 32.1. The van der Waals surface area contributed by atoms with Gasteiger partial charge in [0.2, 0.25) is 5.91 Å². The first kappa shape index (κ1) is 16.4. The standard InChI is InChI=1S/C17H19N3O3S/c1-11-9-12(16(22)19(2)10-11)18-15(21)13-5-3-7-20(13)17(23)14-6-4-8-24-14/h4,6,8-10,13H,3,5,7H2,1-2H3,(H,18,21)/t13-/m0/s1. The monoisotopic (exact) mass is 345 g/mol. The van der Waals surface area contributed by atoms with Crippen LogP contribution in [0.1, 0.15) is 28.1 Å². The topological polar surface area (TPSA) is 71.4 Å². The van der Waals surface area contributed by atoms with Crippen molar-refractivity contribution in [1.29, 1.82) is 0 Å². The maximum absolute atomic E-state index is 12.6. The zero-order valence-corrected chi connectivity index (χ0v) is 14.4. The van der Waals surface area contributed by atoms with Gasteiger partial charge in [-0.1, -0.05) is 6.07 Å². The Balaban J connectivity index is 1.79. The van der Waals surface area contributed by atoms with Crippen LogP contribution in [0.2, 0.25) is 0 Å². The smallest absolute Gasteiger partial charge is 0.274 e. The van der Waals surface area contributed by atoms with E-state index in [-0.39, 0.29) is 23.1 Å². The van der Waals surface area contributed by atoms with Crippen LogP contribution in [0.4, 0.5) is 5.69 Å². The maximum Gasteiger partial charge on any atom is 0.274 e. The van der Waals surface area contributed by atoms with E-state index in [9.17, 15) is 14.4 Å². The molecule has 0 radical (unpaired) electrons. The van der Waals surface area contributed by atoms with E-state index >= 15 is 0 Å². The highest BCUT2D eigenvalue weighted by molar-refractivity contribution is 7.12. The molecular weight excluding hydrogens is 326 g/mol. The number of thiophene rings is 1. The van der Waals surface area contributed by atoms with Gasteiger partial charge in [-0.25, -0.2) is 0 Å². The Morgan fingerprint density at radius 3 is 2.88 bits per heavy atom. The number of hydrogen-bond donors (Lipinski definition) is 1. The fourth-order valence-electron chi connectivity index (χ4n) is 3.01. The van der Waals surface area contributed by atoms with Crippen LogP contribution in [0.3, 0.4) is 0 Å². The number of rotatable bonds is 3. The third-order valence-corrected chi connectivity index (χ3v) is 4.98. The Kier molecular flexibility index (Phi) is 4.53. The molecule has 1 atom stereocenters. The molecule has 2 aromatic rings. The summed E-state index contributed by atoms with van der Waals surface area (Å²) in [5.41, 5.74) is 0.867. The van der Waals surface area contributed by atoms with E-state index in [1.165, 1.54) is 15.9 Å². The second-order valence-corrected chi connectivity index (χ2v) is 6.92. The van der Waals surface area contributed by atoms with E-state index in [1.807, 2.05) is 18.4 Å². The van der Waals surface area contributed by atoms with Crippen LogP contribution in [0, 0.1) is 6.92 Å². The van der Waals surface area contributed by atoms with Gasteiger partial charge < -0.3 is 14.8 Å². The first-order chi connectivity index (χ1) is 11.5. The number of likely N-dealkylation sites (tertiary alicyclic amines) is 1. The molecule has 1 fully saturated rings. The van der Waals surface area contributed by atoms with E-state index < -0.39 is 6.04 Å². The van der Waals surface area contributed by atoms with E-state index in [4.69, 9.17) is 0 Å². The molecule has 0 spiro atoms. The Hall–Kier alpha value is -2.41. The van der Waals surface area contributed by atoms with Crippen molar-refractivity contribution in [3.8, 4) is 0 Å². The lowest BCUT2D eigenvalue weighted by Crippen LogP contribution is -2.43. The fraction of sp³-hybridized carbons (Fsp3) is 0.353. The molecule has 0 aliphatic carbocycles. The summed E-state index contributed by atoms with van der Waals surface area (Å²) in [6.45, 7) is 2.41. The van der Waals surface area contributed by atoms with Gasteiger partial charge in [-0.2, -0.15) is 0 Å². The minimum absolute atomic E-state index is 0.125. The minimum atomic E-state index is -0.537. The highest BCUT2D eigenvalue weighted by Gasteiger charge is 2.35. The molecule has 3 rings (SSSR count). The predicted octanol–water partition coefficient (Wildman–Crippen LogP) is 2.00. The summed E-state index contributed by atoms with van der Waals surface area (Å²) in [5, 5.41) is 4.54. The first-order valence-corrected chi connectivity index (χ1v) is 8.68. The SMILES string of the molecule is Cc1cc(NC(=O)[C@@H]2CCCN2C(=O)c2cccs2)c(=O)n(C)c1. The molecule has 1 aliphatic rings. The van der Waals surface area contributed by atoms with E-state index in [0.29, 0.717) is 17.8 Å². The van der Waals surface area contributed by atoms with E-state index in [2.05, 4.69) is 5.32 Å². The molecule has 126 valence electrons. The number of carbonyl (C=O) groups excluding carboxylic acids is 2. The molecule has 24 heavy (non-hydrogen) atoms.